The summed E-state index contributed by atoms with van der Waals surface area (Å²) in [5.41, 5.74) is 0. The normalized spacial score (nSPS) is 17.4. The van der Waals surface area contributed by atoms with Crippen LogP contribution in [-0.2, 0) is 17.6 Å². The SMILES string of the molecule is CCc1cc2c(N3CCC[C@@H](C(=O)NCCc4ccco4)C3)ncnc2s1. The van der Waals surface area contributed by atoms with Gasteiger partial charge in [-0.25, -0.2) is 9.97 Å². The maximum absolute atomic E-state index is 12.6. The number of furan rings is 1. The summed E-state index contributed by atoms with van der Waals surface area (Å²) in [5, 5.41) is 4.17. The van der Waals surface area contributed by atoms with Crippen molar-refractivity contribution < 1.29 is 9.21 Å². The number of amides is 1. The van der Waals surface area contributed by atoms with E-state index >= 15 is 0 Å². The molecule has 0 unspecified atom stereocenters. The molecule has 3 aromatic heterocycles. The summed E-state index contributed by atoms with van der Waals surface area (Å²) in [5.74, 6) is 1.97. The summed E-state index contributed by atoms with van der Waals surface area (Å²) < 4.78 is 5.32. The van der Waals surface area contributed by atoms with Crippen molar-refractivity contribution in [3.63, 3.8) is 0 Å². The van der Waals surface area contributed by atoms with Crippen LogP contribution in [0.3, 0.4) is 0 Å². The Bertz CT molecular complexity index is 906. The standard InChI is InChI=1S/C20H24N4O2S/c1-2-16-11-17-18(22-13-23-20(17)27-16)24-9-3-5-14(12-24)19(25)21-8-7-15-6-4-10-26-15/h4,6,10-11,13-14H,2-3,5,7-9,12H2,1H3,(H,21,25)/t14-/m1/s1. The molecule has 4 rings (SSSR count). The van der Waals surface area contributed by atoms with E-state index in [9.17, 15) is 4.79 Å². The highest BCUT2D eigenvalue weighted by Crippen LogP contribution is 2.32. The lowest BCUT2D eigenvalue weighted by atomic mass is 9.97. The van der Waals surface area contributed by atoms with Crippen molar-refractivity contribution >= 4 is 33.3 Å². The van der Waals surface area contributed by atoms with Crippen LogP contribution in [0.15, 0.2) is 35.2 Å². The molecule has 27 heavy (non-hydrogen) atoms. The smallest absolute Gasteiger partial charge is 0.224 e. The van der Waals surface area contributed by atoms with Crippen LogP contribution < -0.4 is 10.2 Å². The van der Waals surface area contributed by atoms with Gasteiger partial charge in [-0.3, -0.25) is 4.79 Å². The molecule has 6 nitrogen and oxygen atoms in total. The van der Waals surface area contributed by atoms with Gasteiger partial charge < -0.3 is 14.6 Å². The number of rotatable bonds is 6. The summed E-state index contributed by atoms with van der Waals surface area (Å²) in [6, 6.07) is 6.00. The van der Waals surface area contributed by atoms with Gasteiger partial charge in [-0.15, -0.1) is 11.3 Å². The summed E-state index contributed by atoms with van der Waals surface area (Å²) in [4.78, 5) is 26.2. The maximum Gasteiger partial charge on any atom is 0.224 e. The monoisotopic (exact) mass is 384 g/mol. The lowest BCUT2D eigenvalue weighted by Gasteiger charge is -2.33. The number of carbonyl (C=O) groups is 1. The Hall–Kier alpha value is -2.41. The van der Waals surface area contributed by atoms with Crippen molar-refractivity contribution in [1.29, 1.82) is 0 Å². The highest BCUT2D eigenvalue weighted by atomic mass is 32.1. The number of aryl methyl sites for hydroxylation is 1. The van der Waals surface area contributed by atoms with Crippen LogP contribution in [0.4, 0.5) is 5.82 Å². The van der Waals surface area contributed by atoms with Gasteiger partial charge in [0.25, 0.3) is 0 Å². The minimum atomic E-state index is -0.00959. The number of nitrogens with one attached hydrogen (secondary N) is 1. The van der Waals surface area contributed by atoms with Crippen LogP contribution in [-0.4, -0.2) is 35.5 Å². The summed E-state index contributed by atoms with van der Waals surface area (Å²) in [6.45, 7) is 4.39. The lowest BCUT2D eigenvalue weighted by Crippen LogP contribution is -2.43. The van der Waals surface area contributed by atoms with Crippen LogP contribution in [0.2, 0.25) is 0 Å². The predicted octanol–water partition coefficient (Wildman–Crippen LogP) is 3.42. The fourth-order valence-electron chi connectivity index (χ4n) is 3.61. The van der Waals surface area contributed by atoms with Crippen molar-refractivity contribution in [1.82, 2.24) is 15.3 Å². The minimum absolute atomic E-state index is 0.00959. The predicted molar refractivity (Wildman–Crippen MR) is 107 cm³/mol. The van der Waals surface area contributed by atoms with E-state index in [0.717, 1.165) is 54.0 Å². The van der Waals surface area contributed by atoms with Gasteiger partial charge in [0, 0.05) is 30.9 Å². The molecule has 0 radical (unpaired) electrons. The molecule has 3 aromatic rings. The Morgan fingerprint density at radius 2 is 2.37 bits per heavy atom. The third-order valence-corrected chi connectivity index (χ3v) is 6.24. The van der Waals surface area contributed by atoms with Crippen LogP contribution in [0.25, 0.3) is 10.2 Å². The van der Waals surface area contributed by atoms with Crippen molar-refractivity contribution in [2.75, 3.05) is 24.5 Å². The second-order valence-corrected chi connectivity index (χ2v) is 8.00. The molecule has 1 aliphatic heterocycles. The van der Waals surface area contributed by atoms with Crippen LogP contribution in [0, 0.1) is 5.92 Å². The molecule has 0 bridgehead atoms. The summed E-state index contributed by atoms with van der Waals surface area (Å²) >= 11 is 1.73. The van der Waals surface area contributed by atoms with E-state index in [-0.39, 0.29) is 11.8 Å². The Kier molecular flexibility index (Phi) is 5.38. The number of nitrogens with zero attached hydrogens (tertiary/aromatic N) is 3. The summed E-state index contributed by atoms with van der Waals surface area (Å²) in [6.07, 6.45) is 6.93. The highest BCUT2D eigenvalue weighted by molar-refractivity contribution is 7.18. The van der Waals surface area contributed by atoms with Gasteiger partial charge in [0.1, 0.15) is 22.7 Å². The van der Waals surface area contributed by atoms with E-state index in [4.69, 9.17) is 4.42 Å². The van der Waals surface area contributed by atoms with Gasteiger partial charge >= 0.3 is 0 Å². The first-order valence-corrected chi connectivity index (χ1v) is 10.3. The molecule has 7 heteroatoms. The molecular formula is C20H24N4O2S. The van der Waals surface area contributed by atoms with Gasteiger partial charge in [0.2, 0.25) is 5.91 Å². The number of fused-ring (bicyclic) bond motifs is 1. The first kappa shape index (κ1) is 18.0. The molecule has 1 aliphatic rings. The molecule has 4 heterocycles. The van der Waals surface area contributed by atoms with Gasteiger partial charge in [0.15, 0.2) is 0 Å². The highest BCUT2D eigenvalue weighted by Gasteiger charge is 2.27. The van der Waals surface area contributed by atoms with Gasteiger partial charge in [-0.05, 0) is 37.5 Å². The largest absolute Gasteiger partial charge is 0.469 e. The first-order valence-electron chi connectivity index (χ1n) is 9.53. The average molecular weight is 385 g/mol. The molecule has 1 amide bonds. The van der Waals surface area contributed by atoms with E-state index in [1.54, 1.807) is 23.9 Å². The van der Waals surface area contributed by atoms with Crippen LogP contribution >= 0.6 is 11.3 Å². The van der Waals surface area contributed by atoms with Gasteiger partial charge in [-0.2, -0.15) is 0 Å². The Morgan fingerprint density at radius 3 is 3.19 bits per heavy atom. The van der Waals surface area contributed by atoms with E-state index in [2.05, 4.69) is 33.2 Å². The van der Waals surface area contributed by atoms with Crippen molar-refractivity contribution in [2.45, 2.75) is 32.6 Å². The van der Waals surface area contributed by atoms with E-state index in [0.29, 0.717) is 13.1 Å². The molecule has 0 aliphatic carbocycles. The van der Waals surface area contributed by atoms with Crippen molar-refractivity contribution in [3.05, 3.63) is 41.4 Å². The second-order valence-electron chi connectivity index (χ2n) is 6.89. The Morgan fingerprint density at radius 1 is 1.44 bits per heavy atom. The van der Waals surface area contributed by atoms with Crippen molar-refractivity contribution in [3.8, 4) is 0 Å². The molecule has 1 saturated heterocycles. The number of hydrogen-bond acceptors (Lipinski definition) is 6. The third kappa shape index (κ3) is 3.98. The number of thiophene rings is 1. The Balaban J connectivity index is 1.42. The van der Waals surface area contributed by atoms with Gasteiger partial charge in [0.05, 0.1) is 17.6 Å². The lowest BCUT2D eigenvalue weighted by molar-refractivity contribution is -0.125. The number of hydrogen-bond donors (Lipinski definition) is 1. The number of piperidine rings is 1. The first-order chi connectivity index (χ1) is 13.2. The Labute approximate surface area is 162 Å². The molecule has 0 spiro atoms. The fraction of sp³-hybridized carbons (Fsp3) is 0.450. The molecule has 1 atom stereocenters. The van der Waals surface area contributed by atoms with Crippen molar-refractivity contribution in [2.24, 2.45) is 5.92 Å². The topological polar surface area (TPSA) is 71.3 Å². The second kappa shape index (κ2) is 8.08. The minimum Gasteiger partial charge on any atom is -0.469 e. The number of aromatic nitrogens is 2. The molecule has 142 valence electrons. The number of carbonyl (C=O) groups excluding carboxylic acids is 1. The van der Waals surface area contributed by atoms with E-state index in [1.165, 1.54) is 4.88 Å². The van der Waals surface area contributed by atoms with Crippen LogP contribution in [0.1, 0.15) is 30.4 Å². The molecule has 0 aromatic carbocycles. The van der Waals surface area contributed by atoms with E-state index < -0.39 is 0 Å². The fourth-order valence-corrected chi connectivity index (χ4v) is 4.54. The molecule has 1 N–H and O–H groups in total. The summed E-state index contributed by atoms with van der Waals surface area (Å²) in [7, 11) is 0. The zero-order chi connectivity index (χ0) is 18.6. The van der Waals surface area contributed by atoms with Gasteiger partial charge in [-0.1, -0.05) is 6.92 Å². The maximum atomic E-state index is 12.6. The quantitative estimate of drug-likeness (QED) is 0.705. The zero-order valence-electron chi connectivity index (χ0n) is 15.5. The molecular weight excluding hydrogens is 360 g/mol. The number of anilines is 1. The third-order valence-electron chi connectivity index (χ3n) is 5.05. The zero-order valence-corrected chi connectivity index (χ0v) is 16.3. The molecule has 0 saturated carbocycles. The van der Waals surface area contributed by atoms with E-state index in [1.807, 2.05) is 12.1 Å². The molecule has 1 fully saturated rings. The average Bonchev–Trinajstić information content (AvgIpc) is 3.37. The van der Waals surface area contributed by atoms with Crippen LogP contribution in [0.5, 0.6) is 0 Å².